The molecule has 0 aromatic heterocycles. The van der Waals surface area contributed by atoms with E-state index in [1.54, 1.807) is 13.8 Å². The van der Waals surface area contributed by atoms with Crippen LogP contribution in [0.15, 0.2) is 23.2 Å². The largest absolute Gasteiger partial charge is 0.493 e. The zero-order valence-corrected chi connectivity index (χ0v) is 20.4. The van der Waals surface area contributed by atoms with Crippen LogP contribution in [-0.2, 0) is 16.4 Å². The predicted molar refractivity (Wildman–Crippen MR) is 124 cm³/mol. The van der Waals surface area contributed by atoms with E-state index < -0.39 is 14.6 Å². The SMILES string of the molecule is CCCOc1cc(C)ccc1CN=C(NCC)NCC(C)(C)S(C)(=O)=O.I. The number of ether oxygens (including phenoxy) is 1. The molecule has 0 amide bonds. The molecule has 1 aromatic carbocycles. The lowest BCUT2D eigenvalue weighted by Gasteiger charge is -2.24. The third-order valence-electron chi connectivity index (χ3n) is 4.12. The van der Waals surface area contributed by atoms with Crippen molar-refractivity contribution >= 4 is 39.8 Å². The van der Waals surface area contributed by atoms with Crippen molar-refractivity contribution in [2.24, 2.45) is 4.99 Å². The maximum atomic E-state index is 11.9. The fourth-order valence-electron chi connectivity index (χ4n) is 2.07. The number of hydrogen-bond acceptors (Lipinski definition) is 4. The lowest BCUT2D eigenvalue weighted by Crippen LogP contribution is -2.47. The number of rotatable bonds is 9. The fourth-order valence-corrected chi connectivity index (χ4v) is 2.41. The van der Waals surface area contributed by atoms with Crippen LogP contribution in [0.3, 0.4) is 0 Å². The van der Waals surface area contributed by atoms with Gasteiger partial charge >= 0.3 is 0 Å². The molecule has 2 N–H and O–H groups in total. The number of sulfone groups is 1. The first-order chi connectivity index (χ1) is 12.1. The normalized spacial score (nSPS) is 12.3. The van der Waals surface area contributed by atoms with Crippen LogP contribution in [-0.4, -0.2) is 45.1 Å². The van der Waals surface area contributed by atoms with Crippen molar-refractivity contribution in [2.45, 2.75) is 52.3 Å². The van der Waals surface area contributed by atoms with Gasteiger partial charge in [-0.3, -0.25) is 0 Å². The van der Waals surface area contributed by atoms with Gasteiger partial charge in [0.25, 0.3) is 0 Å². The van der Waals surface area contributed by atoms with Gasteiger partial charge in [-0.1, -0.05) is 19.1 Å². The second kappa shape index (κ2) is 11.7. The Morgan fingerprint density at radius 2 is 1.89 bits per heavy atom. The Morgan fingerprint density at radius 3 is 2.44 bits per heavy atom. The highest BCUT2D eigenvalue weighted by Gasteiger charge is 2.30. The fraction of sp³-hybridized carbons (Fsp3) is 0.632. The molecule has 0 saturated heterocycles. The number of hydrogen-bond donors (Lipinski definition) is 2. The maximum Gasteiger partial charge on any atom is 0.191 e. The van der Waals surface area contributed by atoms with Crippen LogP contribution < -0.4 is 15.4 Å². The van der Waals surface area contributed by atoms with Gasteiger partial charge < -0.3 is 15.4 Å². The Balaban J connectivity index is 0.00000676. The third-order valence-corrected chi connectivity index (χ3v) is 6.27. The summed E-state index contributed by atoms with van der Waals surface area (Å²) in [6, 6.07) is 6.08. The number of guanidine groups is 1. The highest BCUT2D eigenvalue weighted by Crippen LogP contribution is 2.21. The molecule has 156 valence electrons. The van der Waals surface area contributed by atoms with Gasteiger partial charge in [-0.05, 0) is 45.7 Å². The highest BCUT2D eigenvalue weighted by atomic mass is 127. The Kier molecular flexibility index (Phi) is 11.3. The number of halogens is 1. The molecule has 0 aliphatic rings. The molecule has 0 spiro atoms. The lowest BCUT2D eigenvalue weighted by atomic mass is 10.1. The molecular formula is C19H34IN3O3S. The second-order valence-corrected chi connectivity index (χ2v) is 9.69. The zero-order chi connectivity index (χ0) is 19.8. The van der Waals surface area contributed by atoms with Crippen LogP contribution in [0.2, 0.25) is 0 Å². The summed E-state index contributed by atoms with van der Waals surface area (Å²) in [5.74, 6) is 1.44. The van der Waals surface area contributed by atoms with Crippen molar-refractivity contribution in [3.63, 3.8) is 0 Å². The molecule has 1 rings (SSSR count). The van der Waals surface area contributed by atoms with Gasteiger partial charge in [-0.15, -0.1) is 24.0 Å². The summed E-state index contributed by atoms with van der Waals surface area (Å²) in [5.41, 5.74) is 2.15. The number of aliphatic imine (C=N–C) groups is 1. The summed E-state index contributed by atoms with van der Waals surface area (Å²) in [4.78, 5) is 4.59. The van der Waals surface area contributed by atoms with Crippen molar-refractivity contribution in [3.8, 4) is 5.75 Å². The summed E-state index contributed by atoms with van der Waals surface area (Å²) in [6.07, 6.45) is 2.20. The van der Waals surface area contributed by atoms with Crippen LogP contribution in [0.4, 0.5) is 0 Å². The van der Waals surface area contributed by atoms with E-state index in [4.69, 9.17) is 4.74 Å². The first kappa shape index (κ1) is 26.0. The molecule has 0 fully saturated rings. The van der Waals surface area contributed by atoms with Crippen LogP contribution in [0.1, 0.15) is 45.2 Å². The minimum absolute atomic E-state index is 0. The van der Waals surface area contributed by atoms with Crippen molar-refractivity contribution in [3.05, 3.63) is 29.3 Å². The van der Waals surface area contributed by atoms with Gasteiger partial charge in [0.15, 0.2) is 15.8 Å². The van der Waals surface area contributed by atoms with Gasteiger partial charge in [-0.25, -0.2) is 13.4 Å². The molecule has 27 heavy (non-hydrogen) atoms. The summed E-state index contributed by atoms with van der Waals surface area (Å²) < 4.78 is 28.7. The number of benzene rings is 1. The Bertz CT molecular complexity index is 719. The Hall–Kier alpha value is -1.03. The van der Waals surface area contributed by atoms with Crippen LogP contribution in [0, 0.1) is 6.92 Å². The Morgan fingerprint density at radius 1 is 1.22 bits per heavy atom. The van der Waals surface area contributed by atoms with Gasteiger partial charge in [0, 0.05) is 24.9 Å². The molecular weight excluding hydrogens is 477 g/mol. The average Bonchev–Trinajstić information content (AvgIpc) is 2.55. The summed E-state index contributed by atoms with van der Waals surface area (Å²) in [7, 11) is -3.17. The summed E-state index contributed by atoms with van der Waals surface area (Å²) in [5, 5.41) is 6.28. The maximum absolute atomic E-state index is 11.9. The van der Waals surface area contributed by atoms with E-state index in [2.05, 4.69) is 22.5 Å². The summed E-state index contributed by atoms with van der Waals surface area (Å²) >= 11 is 0. The molecule has 0 atom stereocenters. The van der Waals surface area contributed by atoms with E-state index in [-0.39, 0.29) is 30.5 Å². The van der Waals surface area contributed by atoms with E-state index in [0.717, 1.165) is 23.3 Å². The van der Waals surface area contributed by atoms with E-state index in [1.165, 1.54) is 6.26 Å². The van der Waals surface area contributed by atoms with Gasteiger partial charge in [0.2, 0.25) is 0 Å². The van der Waals surface area contributed by atoms with E-state index >= 15 is 0 Å². The highest BCUT2D eigenvalue weighted by molar-refractivity contribution is 14.0. The average molecular weight is 511 g/mol. The topological polar surface area (TPSA) is 79.8 Å². The van der Waals surface area contributed by atoms with Crippen molar-refractivity contribution < 1.29 is 13.2 Å². The quantitative estimate of drug-likeness (QED) is 0.302. The minimum atomic E-state index is -3.17. The smallest absolute Gasteiger partial charge is 0.191 e. The molecule has 0 radical (unpaired) electrons. The Labute approximate surface area is 181 Å². The molecule has 0 unspecified atom stereocenters. The summed E-state index contributed by atoms with van der Waals surface area (Å²) in [6.45, 7) is 11.6. The van der Waals surface area contributed by atoms with E-state index in [0.29, 0.717) is 25.7 Å². The number of nitrogens with one attached hydrogen (secondary N) is 2. The number of nitrogens with zero attached hydrogens (tertiary/aromatic N) is 1. The van der Waals surface area contributed by atoms with Gasteiger partial charge in [-0.2, -0.15) is 0 Å². The molecule has 0 aliphatic heterocycles. The predicted octanol–water partition coefficient (Wildman–Crippen LogP) is 3.28. The zero-order valence-electron chi connectivity index (χ0n) is 17.3. The lowest BCUT2D eigenvalue weighted by molar-refractivity contribution is 0.314. The minimum Gasteiger partial charge on any atom is -0.493 e. The molecule has 8 heteroatoms. The molecule has 6 nitrogen and oxygen atoms in total. The standard InChI is InChI=1S/C19H33N3O3S.HI/c1-7-11-25-17-12-15(3)9-10-16(17)13-21-18(20-8-2)22-14-19(4,5)26(6,23)24;/h9-10,12H,7-8,11,13-14H2,1-6H3,(H2,20,21,22);1H. The van der Waals surface area contributed by atoms with Crippen LogP contribution >= 0.6 is 24.0 Å². The van der Waals surface area contributed by atoms with Gasteiger partial charge in [0.05, 0.1) is 17.9 Å². The van der Waals surface area contributed by atoms with Crippen molar-refractivity contribution in [1.82, 2.24) is 10.6 Å². The van der Waals surface area contributed by atoms with Crippen molar-refractivity contribution in [2.75, 3.05) is 26.0 Å². The second-order valence-electron chi connectivity index (χ2n) is 7.04. The van der Waals surface area contributed by atoms with Gasteiger partial charge in [0.1, 0.15) is 5.75 Å². The van der Waals surface area contributed by atoms with Crippen LogP contribution in [0.25, 0.3) is 0 Å². The van der Waals surface area contributed by atoms with E-state index in [1.807, 2.05) is 32.0 Å². The van der Waals surface area contributed by atoms with E-state index in [9.17, 15) is 8.42 Å². The van der Waals surface area contributed by atoms with Crippen molar-refractivity contribution in [1.29, 1.82) is 0 Å². The first-order valence-corrected chi connectivity index (χ1v) is 10.9. The monoisotopic (exact) mass is 511 g/mol. The first-order valence-electron chi connectivity index (χ1n) is 9.04. The van der Waals surface area contributed by atoms with Crippen LogP contribution in [0.5, 0.6) is 5.75 Å². The molecule has 1 aromatic rings. The molecule has 0 bridgehead atoms. The molecule has 0 heterocycles. The molecule has 0 aliphatic carbocycles. The molecule has 0 saturated carbocycles. The number of aryl methyl sites for hydroxylation is 1. The third kappa shape index (κ3) is 8.68.